The summed E-state index contributed by atoms with van der Waals surface area (Å²) in [5.74, 6) is -2.59. The van der Waals surface area contributed by atoms with Crippen LogP contribution in [0.25, 0.3) is 0 Å². The van der Waals surface area contributed by atoms with Gasteiger partial charge in [-0.05, 0) is 55.0 Å². The van der Waals surface area contributed by atoms with Crippen LogP contribution in [0.5, 0.6) is 0 Å². The maximum atomic E-state index is 12.7. The Kier molecular flexibility index (Phi) is 7.93. The summed E-state index contributed by atoms with van der Waals surface area (Å²) in [6.07, 6.45) is 2.48. The number of halogens is 1. The van der Waals surface area contributed by atoms with E-state index in [-0.39, 0.29) is 4.90 Å². The van der Waals surface area contributed by atoms with Crippen molar-refractivity contribution in [1.82, 2.24) is 4.72 Å². The zero-order valence-electron chi connectivity index (χ0n) is 18.0. The second kappa shape index (κ2) is 10.3. The lowest BCUT2D eigenvalue weighted by Gasteiger charge is -2.20. The summed E-state index contributed by atoms with van der Waals surface area (Å²) >= 11 is 4.53. The molecule has 1 atom stereocenters. The van der Waals surface area contributed by atoms with Crippen LogP contribution in [0, 0.1) is 5.92 Å². The van der Waals surface area contributed by atoms with Crippen LogP contribution in [0.2, 0.25) is 0 Å². The van der Waals surface area contributed by atoms with Crippen molar-refractivity contribution >= 4 is 60.1 Å². The molecule has 178 valence electrons. The first-order valence-electron chi connectivity index (χ1n) is 10.2. The largest absolute Gasteiger partial charge is 0.454 e. The number of ether oxygens (including phenoxy) is 1. The van der Waals surface area contributed by atoms with E-state index in [9.17, 15) is 22.8 Å². The van der Waals surface area contributed by atoms with Crippen molar-refractivity contribution in [1.29, 1.82) is 0 Å². The van der Waals surface area contributed by atoms with Crippen LogP contribution in [0.1, 0.15) is 41.1 Å². The van der Waals surface area contributed by atoms with Crippen molar-refractivity contribution in [3.8, 4) is 0 Å². The molecule has 12 heteroatoms. The molecule has 0 fully saturated rings. The van der Waals surface area contributed by atoms with Crippen molar-refractivity contribution in [3.63, 3.8) is 0 Å². The normalized spacial score (nSPS) is 14.1. The van der Waals surface area contributed by atoms with Gasteiger partial charge in [0, 0.05) is 9.35 Å². The van der Waals surface area contributed by atoms with Crippen molar-refractivity contribution in [3.05, 3.63) is 44.7 Å². The van der Waals surface area contributed by atoms with Crippen LogP contribution >= 0.6 is 27.3 Å². The molecule has 0 saturated carbocycles. The monoisotopic (exact) mass is 557 g/mol. The minimum Gasteiger partial charge on any atom is -0.454 e. The molecular formula is C21H24BrN3O6S2. The number of thiophene rings is 1. The first kappa shape index (κ1) is 25.3. The van der Waals surface area contributed by atoms with Gasteiger partial charge >= 0.3 is 5.97 Å². The van der Waals surface area contributed by atoms with E-state index in [0.29, 0.717) is 15.0 Å². The van der Waals surface area contributed by atoms with Crippen molar-refractivity contribution in [2.45, 2.75) is 44.0 Å². The number of sulfonamides is 1. The summed E-state index contributed by atoms with van der Waals surface area (Å²) in [4.78, 5) is 37.8. The predicted octanol–water partition coefficient (Wildman–Crippen LogP) is 2.58. The number of aryl methyl sites for hydroxylation is 1. The van der Waals surface area contributed by atoms with Gasteiger partial charge in [-0.1, -0.05) is 29.8 Å². The third-order valence-electron chi connectivity index (χ3n) is 5.09. The summed E-state index contributed by atoms with van der Waals surface area (Å²) in [5.41, 5.74) is 6.64. The lowest BCUT2D eigenvalue weighted by molar-refractivity contribution is -0.150. The molecule has 0 radical (unpaired) electrons. The number of benzene rings is 1. The Bertz CT molecular complexity index is 1180. The maximum Gasteiger partial charge on any atom is 0.324 e. The van der Waals surface area contributed by atoms with E-state index in [1.54, 1.807) is 26.0 Å². The average Bonchev–Trinajstić information content (AvgIpc) is 3.31. The fourth-order valence-corrected chi connectivity index (χ4v) is 6.36. The lowest BCUT2D eigenvalue weighted by atomic mass is 10.1. The number of carbonyl (C=O) groups excluding carboxylic acids is 3. The summed E-state index contributed by atoms with van der Waals surface area (Å²) in [6, 6.07) is 4.75. The van der Waals surface area contributed by atoms with Crippen molar-refractivity contribution in [2.75, 3.05) is 11.9 Å². The molecule has 1 aromatic carbocycles. The number of amides is 2. The highest BCUT2D eigenvalue weighted by molar-refractivity contribution is 9.10. The number of nitrogens with two attached hydrogens (primary N) is 1. The fourth-order valence-electron chi connectivity index (χ4n) is 3.45. The Morgan fingerprint density at radius 1 is 1.18 bits per heavy atom. The zero-order valence-corrected chi connectivity index (χ0v) is 21.2. The molecule has 1 aromatic heterocycles. The number of anilines is 1. The van der Waals surface area contributed by atoms with Crippen molar-refractivity contribution in [2.24, 2.45) is 11.7 Å². The SMILES string of the molecule is CC(C)[C@H](NS(=O)(=O)c1ccc(Br)cc1)C(=O)OCC(=O)Nc1sc2c(c1C(N)=O)CCC2. The minimum atomic E-state index is -3.99. The molecule has 3 rings (SSSR count). The van der Waals surface area contributed by atoms with E-state index in [4.69, 9.17) is 10.5 Å². The average molecular weight is 558 g/mol. The third kappa shape index (κ3) is 5.99. The number of hydrogen-bond donors (Lipinski definition) is 3. The zero-order chi connectivity index (χ0) is 24.3. The fraction of sp³-hybridized carbons (Fsp3) is 0.381. The quantitative estimate of drug-likeness (QED) is 0.404. The summed E-state index contributed by atoms with van der Waals surface area (Å²) in [6.45, 7) is 2.67. The van der Waals surface area contributed by atoms with Crippen LogP contribution in [-0.4, -0.2) is 38.9 Å². The molecule has 0 bridgehead atoms. The van der Waals surface area contributed by atoms with E-state index < -0.39 is 46.4 Å². The number of nitrogens with one attached hydrogen (secondary N) is 2. The molecule has 0 aliphatic heterocycles. The number of rotatable bonds is 9. The Labute approximate surface area is 204 Å². The number of carbonyl (C=O) groups is 3. The minimum absolute atomic E-state index is 0.00776. The van der Waals surface area contributed by atoms with Gasteiger partial charge in [-0.2, -0.15) is 4.72 Å². The van der Waals surface area contributed by atoms with Gasteiger partial charge < -0.3 is 15.8 Å². The second-order valence-electron chi connectivity index (χ2n) is 7.88. The third-order valence-corrected chi connectivity index (χ3v) is 8.29. The van der Waals surface area contributed by atoms with Gasteiger partial charge in [0.15, 0.2) is 6.61 Å². The first-order valence-corrected chi connectivity index (χ1v) is 13.3. The summed E-state index contributed by atoms with van der Waals surface area (Å²) in [7, 11) is -3.99. The van der Waals surface area contributed by atoms with E-state index in [1.807, 2.05) is 0 Å². The highest BCUT2D eigenvalue weighted by atomic mass is 79.9. The van der Waals surface area contributed by atoms with Crippen molar-refractivity contribution < 1.29 is 27.5 Å². The van der Waals surface area contributed by atoms with Gasteiger partial charge in [0.05, 0.1) is 10.5 Å². The van der Waals surface area contributed by atoms with Crippen LogP contribution in [0.4, 0.5) is 5.00 Å². The van der Waals surface area contributed by atoms with E-state index in [1.165, 1.54) is 23.5 Å². The Balaban J connectivity index is 1.64. The molecule has 0 spiro atoms. The van der Waals surface area contributed by atoms with Crippen LogP contribution in [-0.2, 0) is 37.2 Å². The number of esters is 1. The summed E-state index contributed by atoms with van der Waals surface area (Å²) < 4.78 is 33.4. The van der Waals surface area contributed by atoms with E-state index >= 15 is 0 Å². The Morgan fingerprint density at radius 3 is 2.45 bits per heavy atom. The number of fused-ring (bicyclic) bond motifs is 1. The molecule has 2 amide bonds. The number of primary amides is 1. The van der Waals surface area contributed by atoms with Gasteiger partial charge in [0.2, 0.25) is 10.0 Å². The molecule has 1 heterocycles. The number of hydrogen-bond acceptors (Lipinski definition) is 7. The first-order chi connectivity index (χ1) is 15.5. The molecule has 33 heavy (non-hydrogen) atoms. The maximum absolute atomic E-state index is 12.7. The van der Waals surface area contributed by atoms with Gasteiger partial charge in [0.25, 0.3) is 11.8 Å². The molecule has 9 nitrogen and oxygen atoms in total. The Hall–Kier alpha value is -2.28. The van der Waals surface area contributed by atoms with E-state index in [0.717, 1.165) is 29.7 Å². The van der Waals surface area contributed by atoms with Crippen LogP contribution < -0.4 is 15.8 Å². The van der Waals surface area contributed by atoms with E-state index in [2.05, 4.69) is 26.0 Å². The molecule has 4 N–H and O–H groups in total. The van der Waals surface area contributed by atoms with Gasteiger partial charge in [-0.25, -0.2) is 8.42 Å². The molecule has 0 unspecified atom stereocenters. The standard InChI is InChI=1S/C21H24BrN3O6S2/c1-11(2)18(25-33(29,30)13-8-6-12(22)7-9-13)21(28)31-10-16(26)24-20-17(19(23)27)14-4-3-5-15(14)32-20/h6-9,11,18,25H,3-5,10H2,1-2H3,(H2,23,27)(H,24,26)/t18-/m0/s1. The van der Waals surface area contributed by atoms with Crippen LogP contribution in [0.3, 0.4) is 0 Å². The highest BCUT2D eigenvalue weighted by Crippen LogP contribution is 2.38. The molecule has 0 saturated heterocycles. The van der Waals surface area contributed by atoms with Gasteiger partial charge in [-0.3, -0.25) is 14.4 Å². The topological polar surface area (TPSA) is 145 Å². The predicted molar refractivity (Wildman–Crippen MR) is 128 cm³/mol. The van der Waals surface area contributed by atoms with Crippen LogP contribution in [0.15, 0.2) is 33.6 Å². The second-order valence-corrected chi connectivity index (χ2v) is 11.6. The summed E-state index contributed by atoms with van der Waals surface area (Å²) in [5, 5.41) is 2.92. The molecular weight excluding hydrogens is 534 g/mol. The highest BCUT2D eigenvalue weighted by Gasteiger charge is 2.31. The molecule has 1 aliphatic rings. The smallest absolute Gasteiger partial charge is 0.324 e. The Morgan fingerprint density at radius 2 is 1.85 bits per heavy atom. The van der Waals surface area contributed by atoms with Gasteiger partial charge in [0.1, 0.15) is 11.0 Å². The molecule has 1 aliphatic carbocycles. The lowest BCUT2D eigenvalue weighted by Crippen LogP contribution is -2.45. The molecule has 2 aromatic rings. The van der Waals surface area contributed by atoms with Gasteiger partial charge in [-0.15, -0.1) is 11.3 Å².